The maximum atomic E-state index is 13.6. The van der Waals surface area contributed by atoms with Crippen LogP contribution in [0.2, 0.25) is 0 Å². The van der Waals surface area contributed by atoms with E-state index in [1.807, 2.05) is 0 Å². The van der Waals surface area contributed by atoms with Gasteiger partial charge in [-0.25, -0.2) is 13.6 Å². The average Bonchev–Trinajstić information content (AvgIpc) is 2.31. The third-order valence-corrected chi connectivity index (χ3v) is 2.14. The van der Waals surface area contributed by atoms with E-state index in [1.54, 1.807) is 0 Å². The van der Waals surface area contributed by atoms with Crippen LogP contribution in [-0.4, -0.2) is 24.2 Å². The average molecular weight is 256 g/mol. The smallest absolute Gasteiger partial charge is 0.341 e. The van der Waals surface area contributed by atoms with Crippen molar-refractivity contribution in [2.45, 2.75) is 6.42 Å². The molecule has 18 heavy (non-hydrogen) atoms. The van der Waals surface area contributed by atoms with E-state index in [2.05, 4.69) is 4.74 Å². The Balaban J connectivity index is 3.01. The summed E-state index contributed by atoms with van der Waals surface area (Å²) < 4.78 is 31.0. The summed E-state index contributed by atoms with van der Waals surface area (Å²) in [6.45, 7) is 0. The molecule has 0 radical (unpaired) electrons. The second-order valence-corrected chi connectivity index (χ2v) is 3.31. The lowest BCUT2D eigenvalue weighted by Crippen LogP contribution is -2.06. The van der Waals surface area contributed by atoms with Crippen LogP contribution in [0.1, 0.15) is 22.3 Å². The Bertz CT molecular complexity index is 509. The number of aromatic carboxylic acids is 1. The van der Waals surface area contributed by atoms with Crippen molar-refractivity contribution in [1.29, 1.82) is 0 Å². The first kappa shape index (κ1) is 13.8. The molecule has 0 atom stereocenters. The lowest BCUT2D eigenvalue weighted by molar-refractivity contribution is -0.139. The van der Waals surface area contributed by atoms with Gasteiger partial charge in [0.2, 0.25) is 0 Å². The molecule has 0 heterocycles. The van der Waals surface area contributed by atoms with Crippen molar-refractivity contribution in [2.75, 3.05) is 7.11 Å². The number of carboxylic acid groups (broad SMARTS) is 1. The predicted molar refractivity (Wildman–Crippen MR) is 59.0 cm³/mol. The number of carbonyl (C=O) groups is 2. The number of benzene rings is 1. The highest BCUT2D eigenvalue weighted by atomic mass is 19.1. The van der Waals surface area contributed by atoms with E-state index in [1.165, 1.54) is 19.3 Å². The molecule has 1 aromatic rings. The van der Waals surface area contributed by atoms with Crippen molar-refractivity contribution >= 4 is 18.0 Å². The van der Waals surface area contributed by atoms with Crippen molar-refractivity contribution in [2.24, 2.45) is 0 Å². The number of rotatable bonds is 4. The summed E-state index contributed by atoms with van der Waals surface area (Å²) in [5.74, 6) is -4.53. The molecule has 1 aromatic carbocycles. The first-order valence-corrected chi connectivity index (χ1v) is 4.92. The lowest BCUT2D eigenvalue weighted by Gasteiger charge is -2.02. The van der Waals surface area contributed by atoms with Gasteiger partial charge in [0.25, 0.3) is 0 Å². The topological polar surface area (TPSA) is 63.6 Å². The Hall–Kier alpha value is -2.24. The van der Waals surface area contributed by atoms with Gasteiger partial charge in [-0.05, 0) is 12.1 Å². The van der Waals surface area contributed by atoms with Gasteiger partial charge in [-0.1, -0.05) is 12.2 Å². The van der Waals surface area contributed by atoms with Crippen molar-refractivity contribution in [3.8, 4) is 0 Å². The summed E-state index contributed by atoms with van der Waals surface area (Å²) >= 11 is 0. The van der Waals surface area contributed by atoms with Gasteiger partial charge in [0.05, 0.1) is 13.5 Å². The number of carbonyl (C=O) groups excluding carboxylic acids is 1. The molecule has 0 aliphatic rings. The van der Waals surface area contributed by atoms with Crippen LogP contribution in [0.15, 0.2) is 18.2 Å². The molecule has 4 nitrogen and oxygen atoms in total. The molecule has 96 valence electrons. The number of hydrogen-bond donors (Lipinski definition) is 1. The fourth-order valence-electron chi connectivity index (χ4n) is 1.26. The fourth-order valence-corrected chi connectivity index (χ4v) is 1.26. The Morgan fingerprint density at radius 2 is 2.06 bits per heavy atom. The Morgan fingerprint density at radius 3 is 2.61 bits per heavy atom. The first-order valence-electron chi connectivity index (χ1n) is 4.92. The molecule has 1 N–H and O–H groups in total. The van der Waals surface area contributed by atoms with Gasteiger partial charge in [0.15, 0.2) is 0 Å². The van der Waals surface area contributed by atoms with E-state index in [0.717, 1.165) is 12.1 Å². The van der Waals surface area contributed by atoms with E-state index in [0.29, 0.717) is 0 Å². The Kier molecular flexibility index (Phi) is 4.53. The Morgan fingerprint density at radius 1 is 1.39 bits per heavy atom. The van der Waals surface area contributed by atoms with Crippen LogP contribution in [0.5, 0.6) is 0 Å². The summed E-state index contributed by atoms with van der Waals surface area (Å²) in [5.41, 5.74) is -1.13. The molecule has 0 amide bonds. The second kappa shape index (κ2) is 5.90. The molecule has 0 saturated heterocycles. The number of ether oxygens (including phenoxy) is 1. The van der Waals surface area contributed by atoms with E-state index < -0.39 is 29.1 Å². The largest absolute Gasteiger partial charge is 0.477 e. The van der Waals surface area contributed by atoms with Crippen LogP contribution >= 0.6 is 0 Å². The van der Waals surface area contributed by atoms with Gasteiger partial charge in [-0.3, -0.25) is 4.79 Å². The number of esters is 1. The first-order chi connectivity index (χ1) is 8.47. The second-order valence-electron chi connectivity index (χ2n) is 3.31. The molecule has 0 aliphatic heterocycles. The molecular formula is C12H10F2O4. The summed E-state index contributed by atoms with van der Waals surface area (Å²) in [4.78, 5) is 21.4. The van der Waals surface area contributed by atoms with Gasteiger partial charge in [-0.2, -0.15) is 0 Å². The minimum Gasteiger partial charge on any atom is -0.477 e. The number of halogens is 2. The molecule has 0 unspecified atom stereocenters. The van der Waals surface area contributed by atoms with Crippen molar-refractivity contribution in [3.05, 3.63) is 41.0 Å². The van der Waals surface area contributed by atoms with E-state index in [9.17, 15) is 18.4 Å². The van der Waals surface area contributed by atoms with Crippen LogP contribution in [0.25, 0.3) is 6.08 Å². The molecule has 6 heteroatoms. The summed E-state index contributed by atoms with van der Waals surface area (Å²) in [6.07, 6.45) is 2.40. The normalized spacial score (nSPS) is 10.6. The van der Waals surface area contributed by atoms with Crippen LogP contribution in [-0.2, 0) is 9.53 Å². The predicted octanol–water partition coefficient (Wildman–Crippen LogP) is 2.24. The number of carboxylic acids is 1. The summed E-state index contributed by atoms with van der Waals surface area (Å²) in [7, 11) is 1.21. The standard InChI is InChI=1S/C12H10F2O4/c1-18-9(15)4-2-3-7-5-6-8(13)10(11(7)14)12(16)17/h2-3,5-6H,4H2,1H3,(H,16,17). The third kappa shape index (κ3) is 3.13. The minimum atomic E-state index is -1.69. The summed E-state index contributed by atoms with van der Waals surface area (Å²) in [5, 5.41) is 8.64. The van der Waals surface area contributed by atoms with Crippen LogP contribution in [0, 0.1) is 11.6 Å². The highest BCUT2D eigenvalue weighted by molar-refractivity contribution is 5.89. The molecule has 0 fully saturated rings. The van der Waals surface area contributed by atoms with Gasteiger partial charge in [0.1, 0.15) is 17.2 Å². The van der Waals surface area contributed by atoms with Crippen molar-refractivity contribution in [1.82, 2.24) is 0 Å². The third-order valence-electron chi connectivity index (χ3n) is 2.14. The molecule has 0 saturated carbocycles. The van der Waals surface area contributed by atoms with Crippen molar-refractivity contribution in [3.63, 3.8) is 0 Å². The Labute approximate surface area is 101 Å². The van der Waals surface area contributed by atoms with Crippen LogP contribution < -0.4 is 0 Å². The van der Waals surface area contributed by atoms with Gasteiger partial charge in [-0.15, -0.1) is 0 Å². The SMILES string of the molecule is COC(=O)CC=Cc1ccc(F)c(C(=O)O)c1F. The molecule has 0 bridgehead atoms. The maximum Gasteiger partial charge on any atom is 0.341 e. The molecule has 1 rings (SSSR count). The van der Waals surface area contributed by atoms with E-state index in [4.69, 9.17) is 5.11 Å². The van der Waals surface area contributed by atoms with Crippen molar-refractivity contribution < 1.29 is 28.2 Å². The maximum absolute atomic E-state index is 13.6. The summed E-state index contributed by atoms with van der Waals surface area (Å²) in [6, 6.07) is 1.94. The fraction of sp³-hybridized carbons (Fsp3) is 0.167. The van der Waals surface area contributed by atoms with Crippen LogP contribution in [0.3, 0.4) is 0 Å². The number of methoxy groups -OCH3 is 1. The zero-order valence-electron chi connectivity index (χ0n) is 9.44. The quantitative estimate of drug-likeness (QED) is 0.839. The zero-order valence-corrected chi connectivity index (χ0v) is 9.44. The molecule has 0 aromatic heterocycles. The van der Waals surface area contributed by atoms with E-state index in [-0.39, 0.29) is 12.0 Å². The monoisotopic (exact) mass is 256 g/mol. The lowest BCUT2D eigenvalue weighted by atomic mass is 10.1. The van der Waals surface area contributed by atoms with E-state index >= 15 is 0 Å². The van der Waals surface area contributed by atoms with Gasteiger partial charge >= 0.3 is 11.9 Å². The minimum absolute atomic E-state index is 0.0876. The highest BCUT2D eigenvalue weighted by Crippen LogP contribution is 2.18. The van der Waals surface area contributed by atoms with Crippen LogP contribution in [0.4, 0.5) is 8.78 Å². The molecule has 0 spiro atoms. The zero-order chi connectivity index (χ0) is 13.7. The highest BCUT2D eigenvalue weighted by Gasteiger charge is 2.18. The molecule has 0 aliphatic carbocycles. The molecular weight excluding hydrogens is 246 g/mol. The van der Waals surface area contributed by atoms with Gasteiger partial charge < -0.3 is 9.84 Å². The van der Waals surface area contributed by atoms with Gasteiger partial charge in [0, 0.05) is 5.56 Å². The number of hydrogen-bond acceptors (Lipinski definition) is 3.